The smallest absolute Gasteiger partial charge is 0.161 e. The first-order valence-corrected chi connectivity index (χ1v) is 8.02. The van der Waals surface area contributed by atoms with Gasteiger partial charge in [-0.15, -0.1) is 0 Å². The predicted molar refractivity (Wildman–Crippen MR) is 90.9 cm³/mol. The largest absolute Gasteiger partial charge is 0.354 e. The number of rotatable bonds is 4. The van der Waals surface area contributed by atoms with E-state index >= 15 is 0 Å². The van der Waals surface area contributed by atoms with E-state index in [1.165, 1.54) is 0 Å². The number of nitrogens with zero attached hydrogens (tertiary/aromatic N) is 5. The summed E-state index contributed by atoms with van der Waals surface area (Å²) in [6, 6.07) is 14.6. The van der Waals surface area contributed by atoms with Crippen LogP contribution in [-0.4, -0.2) is 47.1 Å². The molecule has 1 aromatic heterocycles. The summed E-state index contributed by atoms with van der Waals surface area (Å²) in [6.45, 7) is 5.92. The van der Waals surface area contributed by atoms with Crippen LogP contribution in [0, 0.1) is 11.3 Å². The maximum atomic E-state index is 8.83. The predicted octanol–water partition coefficient (Wildman–Crippen LogP) is 2.57. The summed E-state index contributed by atoms with van der Waals surface area (Å²) in [6.07, 6.45) is 2.42. The monoisotopic (exact) mass is 307 g/mol. The molecular formula is C18H21N5. The van der Waals surface area contributed by atoms with E-state index in [1.54, 1.807) is 0 Å². The van der Waals surface area contributed by atoms with Crippen LogP contribution in [0.25, 0.3) is 11.4 Å². The molecule has 23 heavy (non-hydrogen) atoms. The van der Waals surface area contributed by atoms with Crippen LogP contribution in [-0.2, 0) is 0 Å². The van der Waals surface area contributed by atoms with Crippen LogP contribution < -0.4 is 4.90 Å². The van der Waals surface area contributed by atoms with Gasteiger partial charge < -0.3 is 4.90 Å². The molecular weight excluding hydrogens is 286 g/mol. The van der Waals surface area contributed by atoms with Crippen molar-refractivity contribution < 1.29 is 0 Å². The third-order valence-corrected chi connectivity index (χ3v) is 4.32. The zero-order valence-corrected chi connectivity index (χ0v) is 13.4. The molecule has 1 fully saturated rings. The van der Waals surface area contributed by atoms with E-state index in [1.807, 2.05) is 42.6 Å². The molecule has 1 unspecified atom stereocenters. The van der Waals surface area contributed by atoms with Crippen molar-refractivity contribution in [3.8, 4) is 17.5 Å². The van der Waals surface area contributed by atoms with Gasteiger partial charge in [-0.25, -0.2) is 9.97 Å². The van der Waals surface area contributed by atoms with Crippen molar-refractivity contribution >= 4 is 5.82 Å². The molecule has 0 spiro atoms. The van der Waals surface area contributed by atoms with E-state index in [-0.39, 0.29) is 0 Å². The highest BCUT2D eigenvalue weighted by atomic mass is 15.3. The lowest BCUT2D eigenvalue weighted by Crippen LogP contribution is -2.49. The molecule has 1 aliphatic heterocycles. The van der Waals surface area contributed by atoms with Crippen molar-refractivity contribution in [2.75, 3.05) is 31.1 Å². The van der Waals surface area contributed by atoms with Crippen LogP contribution in [0.5, 0.6) is 0 Å². The second-order valence-electron chi connectivity index (χ2n) is 5.84. The molecule has 118 valence electrons. The molecule has 0 bridgehead atoms. The van der Waals surface area contributed by atoms with Crippen molar-refractivity contribution in [3.63, 3.8) is 0 Å². The Hall–Kier alpha value is -2.45. The van der Waals surface area contributed by atoms with Gasteiger partial charge in [-0.05, 0) is 13.0 Å². The Morgan fingerprint density at radius 3 is 2.57 bits per heavy atom. The van der Waals surface area contributed by atoms with Gasteiger partial charge in [0.2, 0.25) is 0 Å². The molecule has 1 saturated heterocycles. The Morgan fingerprint density at radius 1 is 1.13 bits per heavy atom. The average molecular weight is 307 g/mol. The Morgan fingerprint density at radius 2 is 1.87 bits per heavy atom. The second kappa shape index (κ2) is 7.21. The number of piperazine rings is 1. The van der Waals surface area contributed by atoms with Crippen LogP contribution in [0.4, 0.5) is 5.82 Å². The minimum atomic E-state index is 0.326. The van der Waals surface area contributed by atoms with Gasteiger partial charge in [-0.1, -0.05) is 30.3 Å². The SMILES string of the molecule is CC(CC#N)N1CCN(c2ccnc(-c3ccccc3)n2)CC1. The highest BCUT2D eigenvalue weighted by Crippen LogP contribution is 2.19. The average Bonchev–Trinajstić information content (AvgIpc) is 2.63. The van der Waals surface area contributed by atoms with Crippen molar-refractivity contribution in [3.05, 3.63) is 42.6 Å². The molecule has 0 N–H and O–H groups in total. The Kier molecular flexibility index (Phi) is 4.84. The quantitative estimate of drug-likeness (QED) is 0.869. The highest BCUT2D eigenvalue weighted by molar-refractivity contribution is 5.57. The number of hydrogen-bond acceptors (Lipinski definition) is 5. The fourth-order valence-corrected chi connectivity index (χ4v) is 2.90. The number of nitriles is 1. The summed E-state index contributed by atoms with van der Waals surface area (Å²) in [5.74, 6) is 1.75. The number of benzene rings is 1. The lowest BCUT2D eigenvalue weighted by molar-refractivity contribution is 0.199. The van der Waals surface area contributed by atoms with Gasteiger partial charge in [0.25, 0.3) is 0 Å². The maximum Gasteiger partial charge on any atom is 0.161 e. The van der Waals surface area contributed by atoms with E-state index in [9.17, 15) is 0 Å². The van der Waals surface area contributed by atoms with Crippen LogP contribution >= 0.6 is 0 Å². The summed E-state index contributed by atoms with van der Waals surface area (Å²) in [5.41, 5.74) is 1.04. The molecule has 5 heteroatoms. The molecule has 5 nitrogen and oxygen atoms in total. The molecule has 0 aliphatic carbocycles. The second-order valence-corrected chi connectivity index (χ2v) is 5.84. The molecule has 0 radical (unpaired) electrons. The minimum absolute atomic E-state index is 0.326. The van der Waals surface area contributed by atoms with Crippen molar-refractivity contribution in [1.82, 2.24) is 14.9 Å². The van der Waals surface area contributed by atoms with Gasteiger partial charge in [0.1, 0.15) is 5.82 Å². The Balaban J connectivity index is 1.69. The van der Waals surface area contributed by atoms with Crippen molar-refractivity contribution in [1.29, 1.82) is 5.26 Å². The molecule has 3 rings (SSSR count). The summed E-state index contributed by atoms with van der Waals surface area (Å²) in [5, 5.41) is 8.83. The Bertz CT molecular complexity index is 671. The van der Waals surface area contributed by atoms with Gasteiger partial charge in [-0.3, -0.25) is 4.90 Å². The Labute approximate surface area is 137 Å². The molecule has 0 saturated carbocycles. The first-order valence-electron chi connectivity index (χ1n) is 8.02. The van der Waals surface area contributed by atoms with Gasteiger partial charge >= 0.3 is 0 Å². The third kappa shape index (κ3) is 3.66. The standard InChI is InChI=1S/C18H21N5/c1-15(7-9-19)22-11-13-23(14-12-22)17-8-10-20-18(21-17)16-5-3-2-4-6-16/h2-6,8,10,15H,7,11-14H2,1H3. The summed E-state index contributed by atoms with van der Waals surface area (Å²) in [7, 11) is 0. The first-order chi connectivity index (χ1) is 11.3. The van der Waals surface area contributed by atoms with Gasteiger partial charge in [-0.2, -0.15) is 5.26 Å². The van der Waals surface area contributed by atoms with Crippen LogP contribution in [0.2, 0.25) is 0 Å². The summed E-state index contributed by atoms with van der Waals surface area (Å²) >= 11 is 0. The number of hydrogen-bond donors (Lipinski definition) is 0. The minimum Gasteiger partial charge on any atom is -0.354 e. The fraction of sp³-hybridized carbons (Fsp3) is 0.389. The summed E-state index contributed by atoms with van der Waals surface area (Å²) < 4.78 is 0. The lowest BCUT2D eigenvalue weighted by Gasteiger charge is -2.38. The third-order valence-electron chi connectivity index (χ3n) is 4.32. The van der Waals surface area contributed by atoms with E-state index < -0.39 is 0 Å². The lowest BCUT2D eigenvalue weighted by atomic mass is 10.2. The topological polar surface area (TPSA) is 56.1 Å². The van der Waals surface area contributed by atoms with Crippen molar-refractivity contribution in [2.45, 2.75) is 19.4 Å². The van der Waals surface area contributed by atoms with Crippen molar-refractivity contribution in [2.24, 2.45) is 0 Å². The molecule has 2 heterocycles. The van der Waals surface area contributed by atoms with Gasteiger partial charge in [0.05, 0.1) is 12.5 Å². The van der Waals surface area contributed by atoms with E-state index in [0.717, 1.165) is 43.4 Å². The van der Waals surface area contributed by atoms with Gasteiger partial charge in [0.15, 0.2) is 5.82 Å². The number of aromatic nitrogens is 2. The molecule has 1 aliphatic rings. The maximum absolute atomic E-state index is 8.83. The van der Waals surface area contributed by atoms with Crippen LogP contribution in [0.15, 0.2) is 42.6 Å². The molecule has 2 aromatic rings. The zero-order valence-electron chi connectivity index (χ0n) is 13.4. The summed E-state index contributed by atoms with van der Waals surface area (Å²) in [4.78, 5) is 13.8. The first kappa shape index (κ1) is 15.4. The van der Waals surface area contributed by atoms with E-state index in [0.29, 0.717) is 12.5 Å². The highest BCUT2D eigenvalue weighted by Gasteiger charge is 2.21. The van der Waals surface area contributed by atoms with E-state index in [4.69, 9.17) is 10.2 Å². The van der Waals surface area contributed by atoms with Gasteiger partial charge in [0, 0.05) is 44.0 Å². The molecule has 1 atom stereocenters. The molecule has 1 aromatic carbocycles. The van der Waals surface area contributed by atoms with E-state index in [2.05, 4.69) is 27.8 Å². The molecule has 0 amide bonds. The fourth-order valence-electron chi connectivity index (χ4n) is 2.90. The van der Waals surface area contributed by atoms with Crippen LogP contribution in [0.1, 0.15) is 13.3 Å². The normalized spacial score (nSPS) is 16.8. The zero-order chi connectivity index (χ0) is 16.1. The van der Waals surface area contributed by atoms with Crippen LogP contribution in [0.3, 0.4) is 0 Å². The number of anilines is 1.